The standard InChI is InChI=1S/C18H18N2O4/c19-11-5-1-9(2-6-11)13-15(17(21)22)14(16(13)18(23)24)10-3-7-12(20)8-4-10/h1-8,13-16H,19-20H2,(H,21,22)(H,23,24). The van der Waals surface area contributed by atoms with Crippen LogP contribution in [0.25, 0.3) is 0 Å². The first-order valence-electron chi connectivity index (χ1n) is 7.56. The normalized spacial score (nSPS) is 25.7. The molecule has 0 aromatic heterocycles. The quantitative estimate of drug-likeness (QED) is 0.638. The van der Waals surface area contributed by atoms with Crippen molar-refractivity contribution in [3.63, 3.8) is 0 Å². The highest BCUT2D eigenvalue weighted by atomic mass is 16.4. The van der Waals surface area contributed by atoms with E-state index in [4.69, 9.17) is 11.5 Å². The molecule has 6 nitrogen and oxygen atoms in total. The molecule has 1 aliphatic carbocycles. The molecule has 0 heterocycles. The molecular weight excluding hydrogens is 308 g/mol. The van der Waals surface area contributed by atoms with Crippen molar-refractivity contribution in [2.75, 3.05) is 11.5 Å². The van der Waals surface area contributed by atoms with Crippen LogP contribution in [0.3, 0.4) is 0 Å². The number of carboxylic acid groups (broad SMARTS) is 2. The third-order valence-corrected chi connectivity index (χ3v) is 4.76. The molecule has 0 bridgehead atoms. The Morgan fingerprint density at radius 1 is 0.667 bits per heavy atom. The summed E-state index contributed by atoms with van der Waals surface area (Å²) in [5.41, 5.74) is 13.8. The highest BCUT2D eigenvalue weighted by Gasteiger charge is 2.58. The van der Waals surface area contributed by atoms with Gasteiger partial charge >= 0.3 is 11.9 Å². The van der Waals surface area contributed by atoms with Crippen molar-refractivity contribution in [1.29, 1.82) is 0 Å². The topological polar surface area (TPSA) is 127 Å². The average molecular weight is 326 g/mol. The van der Waals surface area contributed by atoms with Crippen molar-refractivity contribution < 1.29 is 19.8 Å². The van der Waals surface area contributed by atoms with Gasteiger partial charge in [0, 0.05) is 23.2 Å². The molecule has 1 aliphatic rings. The third kappa shape index (κ3) is 2.56. The second-order valence-electron chi connectivity index (χ2n) is 6.11. The van der Waals surface area contributed by atoms with Crippen molar-refractivity contribution in [1.82, 2.24) is 0 Å². The first-order valence-corrected chi connectivity index (χ1v) is 7.56. The Kier molecular flexibility index (Phi) is 3.89. The highest BCUT2D eigenvalue weighted by Crippen LogP contribution is 2.57. The van der Waals surface area contributed by atoms with Gasteiger partial charge in [0.05, 0.1) is 11.8 Å². The molecule has 0 spiro atoms. The fraction of sp³-hybridized carbons (Fsp3) is 0.222. The first-order chi connectivity index (χ1) is 11.4. The van der Waals surface area contributed by atoms with E-state index in [0.29, 0.717) is 22.5 Å². The lowest BCUT2D eigenvalue weighted by atomic mass is 9.52. The summed E-state index contributed by atoms with van der Waals surface area (Å²) in [6, 6.07) is 13.4. The predicted molar refractivity (Wildman–Crippen MR) is 89.4 cm³/mol. The Morgan fingerprint density at radius 3 is 1.21 bits per heavy atom. The Labute approximate surface area is 138 Å². The molecule has 6 N–H and O–H groups in total. The van der Waals surface area contributed by atoms with Gasteiger partial charge < -0.3 is 21.7 Å². The lowest BCUT2D eigenvalue weighted by Gasteiger charge is -2.48. The Hall–Kier alpha value is -3.02. The monoisotopic (exact) mass is 326 g/mol. The van der Waals surface area contributed by atoms with E-state index in [2.05, 4.69) is 0 Å². The van der Waals surface area contributed by atoms with E-state index in [9.17, 15) is 19.8 Å². The molecule has 2 aromatic carbocycles. The number of anilines is 2. The summed E-state index contributed by atoms with van der Waals surface area (Å²) in [5, 5.41) is 19.3. The maximum absolute atomic E-state index is 11.8. The van der Waals surface area contributed by atoms with Crippen LogP contribution in [0.1, 0.15) is 23.0 Å². The number of rotatable bonds is 4. The number of benzene rings is 2. The molecule has 0 unspecified atom stereocenters. The van der Waals surface area contributed by atoms with Crippen LogP contribution >= 0.6 is 0 Å². The molecule has 0 radical (unpaired) electrons. The minimum atomic E-state index is -1.00. The Bertz CT molecular complexity index is 695. The van der Waals surface area contributed by atoms with Crippen LogP contribution in [0.15, 0.2) is 48.5 Å². The molecular formula is C18H18N2O4. The van der Waals surface area contributed by atoms with E-state index in [0.717, 1.165) is 0 Å². The summed E-state index contributed by atoms with van der Waals surface area (Å²) in [6.45, 7) is 0. The molecule has 0 atom stereocenters. The van der Waals surface area contributed by atoms with Gasteiger partial charge in [0.15, 0.2) is 0 Å². The average Bonchev–Trinajstić information content (AvgIpc) is 2.49. The van der Waals surface area contributed by atoms with Crippen LogP contribution in [-0.4, -0.2) is 22.2 Å². The molecule has 0 aliphatic heterocycles. The molecule has 1 fully saturated rings. The summed E-state index contributed by atoms with van der Waals surface area (Å²) in [4.78, 5) is 23.6. The van der Waals surface area contributed by atoms with Crippen LogP contribution in [0.5, 0.6) is 0 Å². The second kappa shape index (κ2) is 5.88. The van der Waals surface area contributed by atoms with E-state index in [1.54, 1.807) is 48.5 Å². The SMILES string of the molecule is Nc1ccc(C2C(C(=O)O)C(c3ccc(N)cc3)C2C(=O)O)cc1. The lowest BCUT2D eigenvalue weighted by molar-refractivity contribution is -0.159. The van der Waals surface area contributed by atoms with E-state index >= 15 is 0 Å². The van der Waals surface area contributed by atoms with Crippen molar-refractivity contribution in [3.05, 3.63) is 59.7 Å². The number of hydrogen-bond donors (Lipinski definition) is 4. The van der Waals surface area contributed by atoms with Crippen molar-refractivity contribution in [2.24, 2.45) is 11.8 Å². The Morgan fingerprint density at radius 2 is 0.958 bits per heavy atom. The number of carbonyl (C=O) groups is 2. The maximum atomic E-state index is 11.8. The van der Waals surface area contributed by atoms with Crippen molar-refractivity contribution in [2.45, 2.75) is 11.8 Å². The fourth-order valence-corrected chi connectivity index (χ4v) is 3.63. The predicted octanol–water partition coefficient (Wildman–Crippen LogP) is 2.13. The number of aliphatic carboxylic acids is 2. The number of nitrogens with two attached hydrogens (primary N) is 2. The molecule has 0 saturated heterocycles. The highest BCUT2D eigenvalue weighted by molar-refractivity contribution is 5.83. The van der Waals surface area contributed by atoms with Gasteiger partial charge in [0.2, 0.25) is 0 Å². The molecule has 6 heteroatoms. The zero-order valence-electron chi connectivity index (χ0n) is 12.8. The van der Waals surface area contributed by atoms with Crippen molar-refractivity contribution in [3.8, 4) is 0 Å². The molecule has 2 aromatic rings. The van der Waals surface area contributed by atoms with Gasteiger partial charge in [-0.2, -0.15) is 0 Å². The first kappa shape index (κ1) is 15.9. The zero-order chi connectivity index (χ0) is 17.4. The smallest absolute Gasteiger partial charge is 0.307 e. The van der Waals surface area contributed by atoms with Crippen LogP contribution in [0.2, 0.25) is 0 Å². The number of carboxylic acids is 2. The van der Waals surface area contributed by atoms with Crippen LogP contribution in [0, 0.1) is 11.8 Å². The van der Waals surface area contributed by atoms with Gasteiger partial charge in [0.1, 0.15) is 0 Å². The summed E-state index contributed by atoms with van der Waals surface area (Å²) >= 11 is 0. The number of nitrogen functional groups attached to an aromatic ring is 2. The van der Waals surface area contributed by atoms with E-state index in [-0.39, 0.29) is 0 Å². The van der Waals surface area contributed by atoms with Gasteiger partial charge in [-0.1, -0.05) is 24.3 Å². The van der Waals surface area contributed by atoms with Crippen LogP contribution in [-0.2, 0) is 9.59 Å². The number of hydrogen-bond acceptors (Lipinski definition) is 4. The zero-order valence-corrected chi connectivity index (χ0v) is 12.8. The molecule has 1 saturated carbocycles. The molecule has 0 amide bonds. The lowest BCUT2D eigenvalue weighted by Crippen LogP contribution is -2.50. The fourth-order valence-electron chi connectivity index (χ4n) is 3.63. The summed E-state index contributed by atoms with van der Waals surface area (Å²) in [7, 11) is 0. The van der Waals surface area contributed by atoms with Crippen LogP contribution in [0.4, 0.5) is 11.4 Å². The van der Waals surface area contributed by atoms with E-state index in [1.807, 2.05) is 0 Å². The maximum Gasteiger partial charge on any atom is 0.307 e. The summed E-state index contributed by atoms with van der Waals surface area (Å²) < 4.78 is 0. The van der Waals surface area contributed by atoms with Gasteiger partial charge in [-0.05, 0) is 35.4 Å². The van der Waals surface area contributed by atoms with Gasteiger partial charge in [-0.3, -0.25) is 9.59 Å². The van der Waals surface area contributed by atoms with E-state index in [1.165, 1.54) is 0 Å². The van der Waals surface area contributed by atoms with Crippen LogP contribution < -0.4 is 11.5 Å². The summed E-state index contributed by atoms with van der Waals surface area (Å²) in [5.74, 6) is -4.81. The molecule has 124 valence electrons. The summed E-state index contributed by atoms with van der Waals surface area (Å²) in [6.07, 6.45) is 0. The van der Waals surface area contributed by atoms with Gasteiger partial charge in [-0.15, -0.1) is 0 Å². The van der Waals surface area contributed by atoms with Crippen molar-refractivity contribution >= 4 is 23.3 Å². The van der Waals surface area contributed by atoms with Gasteiger partial charge in [-0.25, -0.2) is 0 Å². The third-order valence-electron chi connectivity index (χ3n) is 4.76. The van der Waals surface area contributed by atoms with Gasteiger partial charge in [0.25, 0.3) is 0 Å². The second-order valence-corrected chi connectivity index (χ2v) is 6.11. The molecule has 3 rings (SSSR count). The minimum Gasteiger partial charge on any atom is -0.481 e. The largest absolute Gasteiger partial charge is 0.481 e. The minimum absolute atomic E-state index is 0.548. The Balaban J connectivity index is 2.03. The molecule has 24 heavy (non-hydrogen) atoms. The van der Waals surface area contributed by atoms with E-state index < -0.39 is 35.6 Å².